The Labute approximate surface area is 167 Å². The molecule has 8 nitrogen and oxygen atoms in total. The Morgan fingerprint density at radius 3 is 2.33 bits per heavy atom. The highest BCUT2D eigenvalue weighted by Crippen LogP contribution is 2.33. The summed E-state index contributed by atoms with van der Waals surface area (Å²) in [5.41, 5.74) is -2.34. The molecule has 4 rings (SSSR count). The van der Waals surface area contributed by atoms with E-state index in [9.17, 15) is 22.4 Å². The van der Waals surface area contributed by atoms with Crippen LogP contribution in [0.3, 0.4) is 0 Å². The highest BCUT2D eigenvalue weighted by molar-refractivity contribution is 5.93. The number of aromatic nitrogens is 5. The van der Waals surface area contributed by atoms with Gasteiger partial charge < -0.3 is 9.80 Å². The highest BCUT2D eigenvalue weighted by Gasteiger charge is 2.43. The molecular formula is C18H15F4N7O. The number of hydrogen-bond acceptors (Lipinski definition) is 6. The first kappa shape index (κ1) is 19.7. The maximum Gasteiger partial charge on any atom is 0.435 e. The van der Waals surface area contributed by atoms with Crippen molar-refractivity contribution in [2.45, 2.75) is 6.18 Å². The molecule has 0 N–H and O–H groups in total. The second-order valence-corrected chi connectivity index (χ2v) is 6.50. The van der Waals surface area contributed by atoms with E-state index < -0.39 is 29.3 Å². The van der Waals surface area contributed by atoms with Gasteiger partial charge in [0.1, 0.15) is 5.82 Å². The van der Waals surface area contributed by atoms with E-state index in [1.807, 2.05) is 4.90 Å². The Kier molecular flexibility index (Phi) is 5.06. The summed E-state index contributed by atoms with van der Waals surface area (Å²) in [6.45, 7) is 1.05. The van der Waals surface area contributed by atoms with Crippen LogP contribution >= 0.6 is 0 Å². The van der Waals surface area contributed by atoms with Crippen LogP contribution in [0.5, 0.6) is 0 Å². The standard InChI is InChI=1S/C18H15F4N7O/c19-12-3-1-4-13(11-12)29-15(18(20,21)22)14(25-26-29)16(30)27-7-9-28(10-8-27)17-23-5-2-6-24-17/h1-6,11H,7-10H2. The van der Waals surface area contributed by atoms with Gasteiger partial charge in [-0.3, -0.25) is 4.79 Å². The van der Waals surface area contributed by atoms with E-state index in [4.69, 9.17) is 0 Å². The first-order valence-electron chi connectivity index (χ1n) is 8.94. The Balaban J connectivity index is 1.59. The molecular weight excluding hydrogens is 406 g/mol. The topological polar surface area (TPSA) is 80.0 Å². The van der Waals surface area contributed by atoms with Gasteiger partial charge in [-0.15, -0.1) is 5.10 Å². The molecule has 3 heterocycles. The zero-order valence-electron chi connectivity index (χ0n) is 15.4. The largest absolute Gasteiger partial charge is 0.435 e. The van der Waals surface area contributed by atoms with Crippen LogP contribution in [0.15, 0.2) is 42.7 Å². The van der Waals surface area contributed by atoms with Crippen LogP contribution in [0.2, 0.25) is 0 Å². The van der Waals surface area contributed by atoms with Crippen molar-refractivity contribution in [2.75, 3.05) is 31.1 Å². The minimum absolute atomic E-state index is 0.168. The maximum absolute atomic E-state index is 13.7. The number of benzene rings is 1. The third-order valence-corrected chi connectivity index (χ3v) is 4.60. The summed E-state index contributed by atoms with van der Waals surface area (Å²) < 4.78 is 55.2. The van der Waals surface area contributed by atoms with Gasteiger partial charge in [0.15, 0.2) is 11.4 Å². The molecule has 1 amide bonds. The number of piperazine rings is 1. The minimum Gasteiger partial charge on any atom is -0.337 e. The number of carbonyl (C=O) groups is 1. The molecule has 1 saturated heterocycles. The van der Waals surface area contributed by atoms with Gasteiger partial charge >= 0.3 is 6.18 Å². The molecule has 0 bridgehead atoms. The first-order valence-corrected chi connectivity index (χ1v) is 8.94. The normalized spacial score (nSPS) is 14.8. The van der Waals surface area contributed by atoms with Gasteiger partial charge in [-0.25, -0.2) is 19.0 Å². The van der Waals surface area contributed by atoms with Gasteiger partial charge in [-0.1, -0.05) is 11.3 Å². The van der Waals surface area contributed by atoms with E-state index >= 15 is 0 Å². The summed E-state index contributed by atoms with van der Waals surface area (Å²) >= 11 is 0. The van der Waals surface area contributed by atoms with Crippen molar-refractivity contribution in [3.63, 3.8) is 0 Å². The quantitative estimate of drug-likeness (QED) is 0.604. The van der Waals surface area contributed by atoms with E-state index in [-0.39, 0.29) is 18.8 Å². The number of anilines is 1. The van der Waals surface area contributed by atoms with Crippen LogP contribution in [0.1, 0.15) is 16.2 Å². The second-order valence-electron chi connectivity index (χ2n) is 6.50. The van der Waals surface area contributed by atoms with Gasteiger partial charge in [-0.05, 0) is 24.3 Å². The lowest BCUT2D eigenvalue weighted by molar-refractivity contribution is -0.143. The number of carbonyl (C=O) groups excluding carboxylic acids is 1. The maximum atomic E-state index is 13.7. The Morgan fingerprint density at radius 2 is 1.70 bits per heavy atom. The van der Waals surface area contributed by atoms with E-state index in [0.717, 1.165) is 12.1 Å². The molecule has 156 valence electrons. The fourth-order valence-corrected chi connectivity index (χ4v) is 3.18. The summed E-state index contributed by atoms with van der Waals surface area (Å²) in [6, 6.07) is 6.15. The molecule has 30 heavy (non-hydrogen) atoms. The number of amides is 1. The van der Waals surface area contributed by atoms with Crippen LogP contribution in [0, 0.1) is 5.82 Å². The number of hydrogen-bond donors (Lipinski definition) is 0. The lowest BCUT2D eigenvalue weighted by atomic mass is 10.2. The van der Waals surface area contributed by atoms with Crippen LogP contribution < -0.4 is 4.90 Å². The van der Waals surface area contributed by atoms with Gasteiger partial charge in [0.2, 0.25) is 5.95 Å². The van der Waals surface area contributed by atoms with Crippen molar-refractivity contribution in [2.24, 2.45) is 0 Å². The predicted octanol–water partition coefficient (Wildman–Crippen LogP) is 2.18. The molecule has 1 aliphatic rings. The van der Waals surface area contributed by atoms with Crippen LogP contribution in [-0.2, 0) is 6.18 Å². The number of rotatable bonds is 3. The van der Waals surface area contributed by atoms with E-state index in [0.29, 0.717) is 23.7 Å². The molecule has 1 aliphatic heterocycles. The zero-order valence-corrected chi connectivity index (χ0v) is 15.4. The SMILES string of the molecule is O=C(c1nnn(-c2cccc(F)c2)c1C(F)(F)F)N1CCN(c2ncccn2)CC1. The van der Waals surface area contributed by atoms with Gasteiger partial charge in [0.05, 0.1) is 5.69 Å². The summed E-state index contributed by atoms with van der Waals surface area (Å²) in [5, 5.41) is 6.96. The van der Waals surface area contributed by atoms with Gasteiger partial charge in [0, 0.05) is 38.6 Å². The third kappa shape index (κ3) is 3.80. The van der Waals surface area contributed by atoms with Crippen LogP contribution in [-0.4, -0.2) is 61.9 Å². The highest BCUT2D eigenvalue weighted by atomic mass is 19.4. The van der Waals surface area contributed by atoms with E-state index in [1.165, 1.54) is 17.0 Å². The molecule has 0 unspecified atom stereocenters. The second kappa shape index (κ2) is 7.69. The monoisotopic (exact) mass is 421 g/mol. The number of alkyl halides is 3. The van der Waals surface area contributed by atoms with Crippen molar-refractivity contribution in [1.82, 2.24) is 29.9 Å². The average Bonchev–Trinajstić information content (AvgIpc) is 3.20. The smallest absolute Gasteiger partial charge is 0.337 e. The van der Waals surface area contributed by atoms with Crippen molar-refractivity contribution < 1.29 is 22.4 Å². The molecule has 0 spiro atoms. The Hall–Kier alpha value is -3.57. The summed E-state index contributed by atoms with van der Waals surface area (Å²) in [6.07, 6.45) is -1.75. The van der Waals surface area contributed by atoms with Crippen molar-refractivity contribution in [3.8, 4) is 5.69 Å². The molecule has 0 aliphatic carbocycles. The minimum atomic E-state index is -4.92. The lowest BCUT2D eigenvalue weighted by Crippen LogP contribution is -2.49. The summed E-state index contributed by atoms with van der Waals surface area (Å²) in [7, 11) is 0. The summed E-state index contributed by atoms with van der Waals surface area (Å²) in [5.74, 6) is -1.14. The molecule has 1 fully saturated rings. The molecule has 1 aromatic carbocycles. The Bertz CT molecular complexity index is 1050. The van der Waals surface area contributed by atoms with E-state index in [2.05, 4.69) is 20.3 Å². The fraction of sp³-hybridized carbons (Fsp3) is 0.278. The van der Waals surface area contributed by atoms with Gasteiger partial charge in [0.25, 0.3) is 5.91 Å². The Morgan fingerprint density at radius 1 is 1.00 bits per heavy atom. The predicted molar refractivity (Wildman–Crippen MR) is 96.5 cm³/mol. The zero-order chi connectivity index (χ0) is 21.3. The third-order valence-electron chi connectivity index (χ3n) is 4.60. The van der Waals surface area contributed by atoms with Crippen molar-refractivity contribution in [1.29, 1.82) is 0 Å². The molecule has 0 saturated carbocycles. The molecule has 3 aromatic rings. The van der Waals surface area contributed by atoms with E-state index in [1.54, 1.807) is 18.5 Å². The lowest BCUT2D eigenvalue weighted by Gasteiger charge is -2.34. The average molecular weight is 421 g/mol. The van der Waals surface area contributed by atoms with Gasteiger partial charge in [-0.2, -0.15) is 13.2 Å². The van der Waals surface area contributed by atoms with Crippen LogP contribution in [0.25, 0.3) is 5.69 Å². The first-order chi connectivity index (χ1) is 14.3. The van der Waals surface area contributed by atoms with Crippen LogP contribution in [0.4, 0.5) is 23.5 Å². The number of nitrogens with zero attached hydrogens (tertiary/aromatic N) is 7. The molecule has 0 radical (unpaired) electrons. The number of halogens is 4. The molecule has 0 atom stereocenters. The van der Waals surface area contributed by atoms with Crippen molar-refractivity contribution in [3.05, 3.63) is 59.9 Å². The summed E-state index contributed by atoms with van der Waals surface area (Å²) in [4.78, 5) is 24.2. The fourth-order valence-electron chi connectivity index (χ4n) is 3.18. The van der Waals surface area contributed by atoms with Crippen molar-refractivity contribution >= 4 is 11.9 Å². The molecule has 2 aromatic heterocycles. The molecule has 12 heteroatoms.